The number of hydrogen-bond donors (Lipinski definition) is 2. The SMILES string of the molecule is CCCCC[C@@H](C)NC(=O)CN1C(=O)N[C@@](C)(c2ccc(Cl)cc2Cl)C1=O. The highest BCUT2D eigenvalue weighted by Crippen LogP contribution is 2.34. The number of rotatable bonds is 8. The molecule has 2 atom stereocenters. The number of nitrogens with zero attached hydrogens (tertiary/aromatic N) is 1. The van der Waals surface area contributed by atoms with Gasteiger partial charge in [-0.25, -0.2) is 4.79 Å². The van der Waals surface area contributed by atoms with Gasteiger partial charge in [0.1, 0.15) is 12.1 Å². The molecule has 0 spiro atoms. The maximum Gasteiger partial charge on any atom is 0.325 e. The molecule has 0 unspecified atom stereocenters. The number of hydrogen-bond acceptors (Lipinski definition) is 3. The summed E-state index contributed by atoms with van der Waals surface area (Å²) in [7, 11) is 0. The molecule has 27 heavy (non-hydrogen) atoms. The quantitative estimate of drug-likeness (QED) is 0.501. The summed E-state index contributed by atoms with van der Waals surface area (Å²) in [4.78, 5) is 38.4. The van der Waals surface area contributed by atoms with Crippen molar-refractivity contribution in [3.8, 4) is 0 Å². The van der Waals surface area contributed by atoms with Crippen LogP contribution in [-0.2, 0) is 15.1 Å². The molecule has 0 saturated carbocycles. The first-order chi connectivity index (χ1) is 12.7. The number of carbonyl (C=O) groups is 3. The monoisotopic (exact) mass is 413 g/mol. The van der Waals surface area contributed by atoms with Gasteiger partial charge < -0.3 is 10.6 Å². The van der Waals surface area contributed by atoms with Crippen LogP contribution in [0, 0.1) is 0 Å². The Bertz CT molecular complexity index is 741. The Labute approximate surface area is 169 Å². The zero-order valence-electron chi connectivity index (χ0n) is 15.8. The third kappa shape index (κ3) is 4.93. The van der Waals surface area contributed by atoms with E-state index in [1.54, 1.807) is 19.1 Å². The lowest BCUT2D eigenvalue weighted by atomic mass is 9.92. The Balaban J connectivity index is 2.06. The van der Waals surface area contributed by atoms with Gasteiger partial charge >= 0.3 is 6.03 Å². The highest BCUT2D eigenvalue weighted by Gasteiger charge is 2.50. The number of imide groups is 1. The third-order valence-corrected chi connectivity index (χ3v) is 5.24. The van der Waals surface area contributed by atoms with Gasteiger partial charge in [0.25, 0.3) is 5.91 Å². The second-order valence-electron chi connectivity index (χ2n) is 7.03. The smallest absolute Gasteiger partial charge is 0.325 e. The van der Waals surface area contributed by atoms with Crippen molar-refractivity contribution in [1.82, 2.24) is 15.5 Å². The fourth-order valence-electron chi connectivity index (χ4n) is 3.15. The molecule has 8 heteroatoms. The minimum atomic E-state index is -1.34. The van der Waals surface area contributed by atoms with Gasteiger partial charge in [-0.3, -0.25) is 14.5 Å². The molecule has 1 fully saturated rings. The van der Waals surface area contributed by atoms with Crippen LogP contribution < -0.4 is 10.6 Å². The Morgan fingerprint density at radius 1 is 1.30 bits per heavy atom. The van der Waals surface area contributed by atoms with E-state index in [4.69, 9.17) is 23.2 Å². The topological polar surface area (TPSA) is 78.5 Å². The van der Waals surface area contributed by atoms with Gasteiger partial charge in [0.15, 0.2) is 0 Å². The van der Waals surface area contributed by atoms with Crippen LogP contribution in [0.1, 0.15) is 52.0 Å². The molecule has 1 heterocycles. The minimum Gasteiger partial charge on any atom is -0.352 e. The van der Waals surface area contributed by atoms with E-state index < -0.39 is 17.5 Å². The number of carbonyl (C=O) groups excluding carboxylic acids is 3. The first-order valence-corrected chi connectivity index (χ1v) is 9.83. The lowest BCUT2D eigenvalue weighted by Crippen LogP contribution is -2.45. The standard InChI is InChI=1S/C19H25Cl2N3O3/c1-4-5-6-7-12(2)22-16(25)11-24-17(26)19(3,23-18(24)27)14-9-8-13(20)10-15(14)21/h8-10,12H,4-7,11H2,1-3H3,(H,22,25)(H,23,27)/t12-,19+/m1/s1. The average Bonchev–Trinajstić information content (AvgIpc) is 2.79. The third-order valence-electron chi connectivity index (χ3n) is 4.69. The van der Waals surface area contributed by atoms with Crippen molar-refractivity contribution in [2.75, 3.05) is 6.54 Å². The van der Waals surface area contributed by atoms with E-state index in [0.717, 1.165) is 30.6 Å². The summed E-state index contributed by atoms with van der Waals surface area (Å²) in [5.41, 5.74) is -0.908. The first-order valence-electron chi connectivity index (χ1n) is 9.08. The second kappa shape index (κ2) is 8.93. The molecule has 0 aromatic heterocycles. The fourth-order valence-corrected chi connectivity index (χ4v) is 3.75. The Kier molecular flexibility index (Phi) is 7.12. The second-order valence-corrected chi connectivity index (χ2v) is 7.88. The molecule has 1 aliphatic rings. The van der Waals surface area contributed by atoms with Crippen LogP contribution in [0.15, 0.2) is 18.2 Å². The lowest BCUT2D eigenvalue weighted by Gasteiger charge is -2.23. The van der Waals surface area contributed by atoms with Crippen LogP contribution in [-0.4, -0.2) is 35.3 Å². The normalized spacial score (nSPS) is 20.6. The first kappa shape index (κ1) is 21.5. The van der Waals surface area contributed by atoms with Crippen molar-refractivity contribution in [2.24, 2.45) is 0 Å². The molecule has 1 saturated heterocycles. The summed E-state index contributed by atoms with van der Waals surface area (Å²) in [5, 5.41) is 6.17. The van der Waals surface area contributed by atoms with E-state index in [1.807, 2.05) is 6.92 Å². The maximum absolute atomic E-state index is 12.9. The number of urea groups is 1. The summed E-state index contributed by atoms with van der Waals surface area (Å²) >= 11 is 12.1. The molecular weight excluding hydrogens is 389 g/mol. The molecule has 148 valence electrons. The highest BCUT2D eigenvalue weighted by atomic mass is 35.5. The van der Waals surface area contributed by atoms with Crippen molar-refractivity contribution in [3.05, 3.63) is 33.8 Å². The molecule has 6 nitrogen and oxygen atoms in total. The van der Waals surface area contributed by atoms with Gasteiger partial charge in [-0.1, -0.05) is 55.5 Å². The Morgan fingerprint density at radius 3 is 2.63 bits per heavy atom. The zero-order valence-corrected chi connectivity index (χ0v) is 17.3. The van der Waals surface area contributed by atoms with Gasteiger partial charge in [-0.15, -0.1) is 0 Å². The largest absolute Gasteiger partial charge is 0.352 e. The zero-order chi connectivity index (χ0) is 20.2. The summed E-state index contributed by atoms with van der Waals surface area (Å²) in [5.74, 6) is -0.889. The number of halogens is 2. The van der Waals surface area contributed by atoms with Crippen LogP contribution in [0.5, 0.6) is 0 Å². The summed E-state index contributed by atoms with van der Waals surface area (Å²) in [6.45, 7) is 5.26. The summed E-state index contributed by atoms with van der Waals surface area (Å²) in [6, 6.07) is 4.07. The number of benzene rings is 1. The van der Waals surface area contributed by atoms with Gasteiger partial charge in [-0.05, 0) is 32.4 Å². The van der Waals surface area contributed by atoms with Gasteiger partial charge in [-0.2, -0.15) is 0 Å². The predicted molar refractivity (Wildman–Crippen MR) is 106 cm³/mol. The van der Waals surface area contributed by atoms with Crippen molar-refractivity contribution in [1.29, 1.82) is 0 Å². The summed E-state index contributed by atoms with van der Waals surface area (Å²) in [6.07, 6.45) is 4.09. The number of nitrogens with one attached hydrogen (secondary N) is 2. The van der Waals surface area contributed by atoms with E-state index in [0.29, 0.717) is 10.6 Å². The molecule has 1 aromatic carbocycles. The van der Waals surface area contributed by atoms with Crippen LogP contribution in [0.2, 0.25) is 10.0 Å². The van der Waals surface area contributed by atoms with E-state index >= 15 is 0 Å². The van der Waals surface area contributed by atoms with Crippen molar-refractivity contribution >= 4 is 41.0 Å². The number of unbranched alkanes of at least 4 members (excludes halogenated alkanes) is 2. The highest BCUT2D eigenvalue weighted by molar-refractivity contribution is 6.35. The van der Waals surface area contributed by atoms with Gasteiger partial charge in [0, 0.05) is 21.7 Å². The molecule has 4 amide bonds. The minimum absolute atomic E-state index is 0.0121. The van der Waals surface area contributed by atoms with Crippen LogP contribution in [0.3, 0.4) is 0 Å². The van der Waals surface area contributed by atoms with Crippen LogP contribution in [0.25, 0.3) is 0 Å². The fraction of sp³-hybridized carbons (Fsp3) is 0.526. The Morgan fingerprint density at radius 2 is 2.00 bits per heavy atom. The predicted octanol–water partition coefficient (Wildman–Crippen LogP) is 3.85. The molecule has 1 aromatic rings. The van der Waals surface area contributed by atoms with Crippen molar-refractivity contribution < 1.29 is 14.4 Å². The summed E-state index contributed by atoms with van der Waals surface area (Å²) < 4.78 is 0. The lowest BCUT2D eigenvalue weighted by molar-refractivity contribution is -0.135. The molecule has 0 bridgehead atoms. The van der Waals surface area contributed by atoms with E-state index in [2.05, 4.69) is 17.6 Å². The van der Waals surface area contributed by atoms with Crippen molar-refractivity contribution in [3.63, 3.8) is 0 Å². The molecule has 2 rings (SSSR count). The number of amides is 4. The van der Waals surface area contributed by atoms with Crippen LogP contribution >= 0.6 is 23.2 Å². The Hall–Kier alpha value is -1.79. The van der Waals surface area contributed by atoms with E-state index in [9.17, 15) is 14.4 Å². The van der Waals surface area contributed by atoms with E-state index in [1.165, 1.54) is 6.07 Å². The van der Waals surface area contributed by atoms with Crippen LogP contribution in [0.4, 0.5) is 4.79 Å². The molecule has 2 N–H and O–H groups in total. The van der Waals surface area contributed by atoms with Crippen molar-refractivity contribution in [2.45, 2.75) is 58.0 Å². The molecule has 0 aliphatic carbocycles. The maximum atomic E-state index is 12.9. The molecule has 1 aliphatic heterocycles. The van der Waals surface area contributed by atoms with Gasteiger partial charge in [0.2, 0.25) is 5.91 Å². The molecular formula is C19H25Cl2N3O3. The van der Waals surface area contributed by atoms with E-state index in [-0.39, 0.29) is 23.5 Å². The average molecular weight is 414 g/mol. The molecule has 0 radical (unpaired) electrons. The van der Waals surface area contributed by atoms with Gasteiger partial charge in [0.05, 0.1) is 0 Å².